The number of rotatable bonds is 2. The third-order valence-electron chi connectivity index (χ3n) is 4.81. The van der Waals surface area contributed by atoms with E-state index in [0.717, 1.165) is 22.8 Å². The Morgan fingerprint density at radius 2 is 1.45 bits per heavy atom. The van der Waals surface area contributed by atoms with Crippen molar-refractivity contribution in [3.63, 3.8) is 0 Å². The molecule has 0 aromatic carbocycles. The van der Waals surface area contributed by atoms with E-state index in [9.17, 15) is 5.11 Å². The van der Waals surface area contributed by atoms with Gasteiger partial charge in [-0.3, -0.25) is 0 Å². The normalized spacial score (nSPS) is 23.4. The summed E-state index contributed by atoms with van der Waals surface area (Å²) in [4.78, 5) is 18.5. The van der Waals surface area contributed by atoms with Crippen LogP contribution in [0, 0.1) is 0 Å². The van der Waals surface area contributed by atoms with Crippen LogP contribution in [-0.4, -0.2) is 34.1 Å². The highest BCUT2D eigenvalue weighted by atomic mass is 16.3. The second-order valence-corrected chi connectivity index (χ2v) is 6.96. The molecule has 5 heteroatoms. The van der Waals surface area contributed by atoms with Crippen LogP contribution in [0.25, 0.3) is 0 Å². The number of aliphatic hydroxyl groups excluding tert-OH is 1. The monoisotopic (exact) mass is 379 g/mol. The van der Waals surface area contributed by atoms with Gasteiger partial charge >= 0.3 is 0 Å². The molecule has 1 unspecified atom stereocenters. The lowest BCUT2D eigenvalue weighted by Crippen LogP contribution is -2.15. The molecular weight excluding hydrogens is 360 g/mol. The Hall–Kier alpha value is -3.70. The van der Waals surface area contributed by atoms with E-state index in [2.05, 4.69) is 26.5 Å². The van der Waals surface area contributed by atoms with Gasteiger partial charge in [-0.2, -0.15) is 0 Å². The van der Waals surface area contributed by atoms with Crippen LogP contribution in [0.3, 0.4) is 0 Å². The van der Waals surface area contributed by atoms with E-state index in [0.29, 0.717) is 34.0 Å². The molecule has 5 nitrogen and oxygen atoms in total. The second kappa shape index (κ2) is 6.72. The minimum absolute atomic E-state index is 0.247. The molecule has 0 saturated carbocycles. The van der Waals surface area contributed by atoms with Gasteiger partial charge < -0.3 is 5.11 Å². The van der Waals surface area contributed by atoms with E-state index in [-0.39, 0.29) is 6.05 Å². The molecule has 5 heterocycles. The third-order valence-corrected chi connectivity index (χ3v) is 4.81. The highest BCUT2D eigenvalue weighted by Crippen LogP contribution is 2.30. The summed E-state index contributed by atoms with van der Waals surface area (Å²) in [7, 11) is 0. The second-order valence-electron chi connectivity index (χ2n) is 6.96. The maximum Gasteiger partial charge on any atom is 0.0804 e. The molecule has 0 radical (unpaired) electrons. The third kappa shape index (κ3) is 3.22. The Kier molecular flexibility index (Phi) is 3.77. The molecule has 140 valence electrons. The maximum atomic E-state index is 10.5. The quantitative estimate of drug-likeness (QED) is 0.777. The summed E-state index contributed by atoms with van der Waals surface area (Å²) >= 11 is 0. The molecule has 1 N–H and O–H groups in total. The van der Waals surface area contributed by atoms with Gasteiger partial charge in [-0.25, -0.2) is 20.0 Å². The molecule has 5 aliphatic rings. The molecule has 0 amide bonds. The highest BCUT2D eigenvalue weighted by molar-refractivity contribution is 6.17. The molecule has 0 saturated heterocycles. The summed E-state index contributed by atoms with van der Waals surface area (Å²) in [6, 6.07) is 0.247. The van der Waals surface area contributed by atoms with Gasteiger partial charge in [-0.15, -0.1) is 0 Å². The molecule has 0 aliphatic carbocycles. The zero-order valence-electron chi connectivity index (χ0n) is 16.8. The Balaban J connectivity index is 1.77. The fourth-order valence-electron chi connectivity index (χ4n) is 3.52. The summed E-state index contributed by atoms with van der Waals surface area (Å²) in [5.74, 6) is 0. The summed E-state index contributed by atoms with van der Waals surface area (Å²) in [5, 5.41) is 10.5. The SMILES string of the molecule is [2H]C1=C(C=C)C2=C(C(C)O)C3=NC(=CC4=NC(=CC5=NC(=CC1=N2)C=C5)C=C4)C=C3. The molecule has 5 rings (SSSR count). The van der Waals surface area contributed by atoms with Crippen LogP contribution in [0.15, 0.2) is 127 Å². The Labute approximate surface area is 170 Å². The minimum atomic E-state index is -0.825. The van der Waals surface area contributed by atoms with E-state index in [1.165, 1.54) is 0 Å². The Bertz CT molecular complexity index is 1270. The topological polar surface area (TPSA) is 69.7 Å². The smallest absolute Gasteiger partial charge is 0.0804 e. The fourth-order valence-corrected chi connectivity index (χ4v) is 3.52. The zero-order valence-corrected chi connectivity index (χ0v) is 15.8. The van der Waals surface area contributed by atoms with Crippen LogP contribution in [0.1, 0.15) is 8.29 Å². The first-order chi connectivity index (χ1) is 14.5. The number of fused-ring (bicyclic) bond motifs is 4. The average Bonchev–Trinajstić information content (AvgIpc) is 3.47. The van der Waals surface area contributed by atoms with E-state index in [4.69, 9.17) is 1.37 Å². The van der Waals surface area contributed by atoms with Crippen LogP contribution in [-0.2, 0) is 0 Å². The van der Waals surface area contributed by atoms with Crippen molar-refractivity contribution in [3.8, 4) is 0 Å². The molecule has 0 aromatic heterocycles. The van der Waals surface area contributed by atoms with E-state index < -0.39 is 6.10 Å². The van der Waals surface area contributed by atoms with Crippen molar-refractivity contribution in [2.45, 2.75) is 13.0 Å². The molecule has 8 bridgehead atoms. The molecule has 1 atom stereocenters. The number of hydrogen-bond acceptors (Lipinski definition) is 5. The van der Waals surface area contributed by atoms with Gasteiger partial charge in [0, 0.05) is 11.1 Å². The van der Waals surface area contributed by atoms with Gasteiger partial charge in [-0.1, -0.05) is 12.7 Å². The van der Waals surface area contributed by atoms with Crippen molar-refractivity contribution in [1.29, 1.82) is 0 Å². The highest BCUT2D eigenvalue weighted by Gasteiger charge is 2.24. The first-order valence-electron chi connectivity index (χ1n) is 9.82. The number of aliphatic hydroxyl groups is 1. The predicted octanol–water partition coefficient (Wildman–Crippen LogP) is 3.89. The van der Waals surface area contributed by atoms with Gasteiger partial charge in [0.1, 0.15) is 0 Å². The largest absolute Gasteiger partial charge is 0.389 e. The van der Waals surface area contributed by atoms with E-state index in [1.807, 2.05) is 48.6 Å². The van der Waals surface area contributed by atoms with Crippen LogP contribution in [0.4, 0.5) is 0 Å². The van der Waals surface area contributed by atoms with Crippen molar-refractivity contribution in [2.75, 3.05) is 0 Å². The van der Waals surface area contributed by atoms with Crippen LogP contribution < -0.4 is 0 Å². The molecule has 0 spiro atoms. The van der Waals surface area contributed by atoms with Gasteiger partial charge in [0.15, 0.2) is 0 Å². The van der Waals surface area contributed by atoms with Crippen molar-refractivity contribution in [2.24, 2.45) is 20.0 Å². The predicted molar refractivity (Wildman–Crippen MR) is 118 cm³/mol. The first kappa shape index (κ1) is 16.3. The molecule has 29 heavy (non-hydrogen) atoms. The van der Waals surface area contributed by atoms with Gasteiger partial charge in [-0.05, 0) is 67.7 Å². The number of allylic oxidation sites excluding steroid dienone is 11. The molecular formula is C24H18N4O. The van der Waals surface area contributed by atoms with E-state index in [1.54, 1.807) is 19.1 Å². The maximum absolute atomic E-state index is 10.5. The first-order valence-corrected chi connectivity index (χ1v) is 9.32. The summed E-state index contributed by atoms with van der Waals surface area (Å²) in [6.45, 7) is 5.52. The summed E-state index contributed by atoms with van der Waals surface area (Å²) < 4.78 is 8.57. The van der Waals surface area contributed by atoms with Gasteiger partial charge in [0.05, 0.1) is 53.1 Å². The molecule has 5 aliphatic heterocycles. The zero-order chi connectivity index (χ0) is 20.8. The van der Waals surface area contributed by atoms with Crippen molar-refractivity contribution in [1.82, 2.24) is 0 Å². The van der Waals surface area contributed by atoms with Crippen molar-refractivity contribution >= 4 is 22.8 Å². The lowest BCUT2D eigenvalue weighted by atomic mass is 9.99. The van der Waals surface area contributed by atoms with Crippen LogP contribution >= 0.6 is 0 Å². The number of hydrogen-bond donors (Lipinski definition) is 1. The van der Waals surface area contributed by atoms with Gasteiger partial charge in [0.2, 0.25) is 0 Å². The van der Waals surface area contributed by atoms with Crippen LogP contribution in [0.5, 0.6) is 0 Å². The Morgan fingerprint density at radius 3 is 2.07 bits per heavy atom. The van der Waals surface area contributed by atoms with Crippen molar-refractivity contribution in [3.05, 3.63) is 107 Å². The summed E-state index contributed by atoms with van der Waals surface area (Å²) in [6.07, 6.45) is 17.7. The fraction of sp³-hybridized carbons (Fsp3) is 0.0833. The number of nitrogens with zero attached hydrogens (tertiary/aromatic N) is 4. The molecule has 0 fully saturated rings. The van der Waals surface area contributed by atoms with E-state index >= 15 is 0 Å². The lowest BCUT2D eigenvalue weighted by molar-refractivity contribution is 0.237. The Morgan fingerprint density at radius 1 is 0.862 bits per heavy atom. The minimum Gasteiger partial charge on any atom is -0.389 e. The van der Waals surface area contributed by atoms with Gasteiger partial charge in [0.25, 0.3) is 0 Å². The number of aliphatic imine (C=N–C) groups is 4. The molecule has 0 aromatic rings. The van der Waals surface area contributed by atoms with Crippen LogP contribution in [0.2, 0.25) is 0 Å². The van der Waals surface area contributed by atoms with Crippen molar-refractivity contribution < 1.29 is 6.48 Å². The standard InChI is InChI=1S/C24H18N4O/c1-3-15-10-21-13-19-7-6-17(26-19)11-16-4-5-18(25-16)12-20-8-9-22(27-20)23(14(2)29)24(15)28-21/h3-14,29H,1H2,2H3/i10D. The average molecular weight is 379 g/mol. The lowest BCUT2D eigenvalue weighted by Gasteiger charge is -2.13. The summed E-state index contributed by atoms with van der Waals surface area (Å²) in [5.41, 5.74) is 6.55.